The van der Waals surface area contributed by atoms with Crippen molar-refractivity contribution in [1.29, 1.82) is 0 Å². The second kappa shape index (κ2) is 6.65. The average molecular weight is 272 g/mol. The SMILES string of the molecule is CC1(C)OCC(CNC(=O)COC2CCNCC2)O1. The van der Waals surface area contributed by atoms with Gasteiger partial charge in [-0.05, 0) is 39.8 Å². The molecule has 0 aliphatic carbocycles. The van der Waals surface area contributed by atoms with Gasteiger partial charge in [-0.1, -0.05) is 0 Å². The lowest BCUT2D eigenvalue weighted by Crippen LogP contribution is -2.38. The summed E-state index contributed by atoms with van der Waals surface area (Å²) < 4.78 is 16.6. The molecule has 1 atom stereocenters. The molecule has 6 heteroatoms. The molecule has 2 saturated heterocycles. The third-order valence-corrected chi connectivity index (χ3v) is 3.33. The van der Waals surface area contributed by atoms with Gasteiger partial charge in [0.05, 0.1) is 12.7 Å². The highest BCUT2D eigenvalue weighted by molar-refractivity contribution is 5.77. The maximum atomic E-state index is 11.7. The zero-order valence-corrected chi connectivity index (χ0v) is 11.7. The zero-order chi connectivity index (χ0) is 13.7. The largest absolute Gasteiger partial charge is 0.368 e. The minimum absolute atomic E-state index is 0.0715. The van der Waals surface area contributed by atoms with Crippen LogP contribution in [0.15, 0.2) is 0 Å². The van der Waals surface area contributed by atoms with Gasteiger partial charge in [0, 0.05) is 6.54 Å². The summed E-state index contributed by atoms with van der Waals surface area (Å²) in [6.45, 7) is 6.79. The highest BCUT2D eigenvalue weighted by Gasteiger charge is 2.32. The normalized spacial score (nSPS) is 27.4. The van der Waals surface area contributed by atoms with Gasteiger partial charge in [-0.15, -0.1) is 0 Å². The van der Waals surface area contributed by atoms with Gasteiger partial charge < -0.3 is 24.8 Å². The summed E-state index contributed by atoms with van der Waals surface area (Å²) in [5.74, 6) is -0.632. The molecule has 2 heterocycles. The molecule has 2 N–H and O–H groups in total. The Labute approximate surface area is 114 Å². The smallest absolute Gasteiger partial charge is 0.246 e. The van der Waals surface area contributed by atoms with Crippen LogP contribution in [0.5, 0.6) is 0 Å². The second-order valence-corrected chi connectivity index (χ2v) is 5.52. The van der Waals surface area contributed by atoms with Crippen molar-refractivity contribution in [3.05, 3.63) is 0 Å². The number of carbonyl (C=O) groups is 1. The maximum Gasteiger partial charge on any atom is 0.246 e. The molecule has 0 radical (unpaired) electrons. The Morgan fingerprint density at radius 1 is 1.42 bits per heavy atom. The summed E-state index contributed by atoms with van der Waals surface area (Å²) in [4.78, 5) is 11.7. The van der Waals surface area contributed by atoms with E-state index in [1.165, 1.54) is 0 Å². The Balaban J connectivity index is 1.57. The quantitative estimate of drug-likeness (QED) is 0.738. The minimum Gasteiger partial charge on any atom is -0.368 e. The van der Waals surface area contributed by atoms with E-state index in [4.69, 9.17) is 14.2 Å². The molecule has 2 rings (SSSR count). The van der Waals surface area contributed by atoms with Gasteiger partial charge in [-0.25, -0.2) is 0 Å². The fraction of sp³-hybridized carbons (Fsp3) is 0.923. The van der Waals surface area contributed by atoms with E-state index in [0.717, 1.165) is 25.9 Å². The van der Waals surface area contributed by atoms with Crippen molar-refractivity contribution < 1.29 is 19.0 Å². The standard InChI is InChI=1S/C13H24N2O4/c1-13(2)18-8-11(19-13)7-15-12(16)9-17-10-3-5-14-6-4-10/h10-11,14H,3-9H2,1-2H3,(H,15,16). The monoisotopic (exact) mass is 272 g/mol. The predicted octanol–water partition coefficient (Wildman–Crippen LogP) is 0.0227. The summed E-state index contributed by atoms with van der Waals surface area (Å²) >= 11 is 0. The molecule has 6 nitrogen and oxygen atoms in total. The summed E-state index contributed by atoms with van der Waals surface area (Å²) in [5.41, 5.74) is 0. The molecule has 2 aliphatic heterocycles. The van der Waals surface area contributed by atoms with Crippen molar-refractivity contribution in [2.24, 2.45) is 0 Å². The van der Waals surface area contributed by atoms with Gasteiger partial charge in [0.1, 0.15) is 12.7 Å². The highest BCUT2D eigenvalue weighted by atomic mass is 16.7. The molecule has 110 valence electrons. The fourth-order valence-electron chi connectivity index (χ4n) is 2.30. The van der Waals surface area contributed by atoms with Crippen molar-refractivity contribution in [3.63, 3.8) is 0 Å². The van der Waals surface area contributed by atoms with Crippen LogP contribution >= 0.6 is 0 Å². The van der Waals surface area contributed by atoms with Crippen LogP contribution in [0.4, 0.5) is 0 Å². The lowest BCUT2D eigenvalue weighted by atomic mass is 10.1. The molecule has 19 heavy (non-hydrogen) atoms. The van der Waals surface area contributed by atoms with E-state index in [-0.39, 0.29) is 24.7 Å². The molecular weight excluding hydrogens is 248 g/mol. The topological polar surface area (TPSA) is 68.8 Å². The first-order valence-electron chi connectivity index (χ1n) is 6.96. The number of nitrogens with one attached hydrogen (secondary N) is 2. The number of piperidine rings is 1. The Hall–Kier alpha value is -0.690. The molecule has 0 aromatic carbocycles. The summed E-state index contributed by atoms with van der Waals surface area (Å²) in [6.07, 6.45) is 2.08. The first kappa shape index (κ1) is 14.7. The van der Waals surface area contributed by atoms with E-state index in [1.807, 2.05) is 13.8 Å². The molecular formula is C13H24N2O4. The molecule has 1 unspecified atom stereocenters. The predicted molar refractivity (Wildman–Crippen MR) is 69.8 cm³/mol. The van der Waals surface area contributed by atoms with Crippen molar-refractivity contribution in [2.45, 2.75) is 44.7 Å². The summed E-state index contributed by atoms with van der Waals surface area (Å²) in [6, 6.07) is 0. The van der Waals surface area contributed by atoms with Crippen LogP contribution in [0.25, 0.3) is 0 Å². The van der Waals surface area contributed by atoms with Crippen LogP contribution in [0.1, 0.15) is 26.7 Å². The van der Waals surface area contributed by atoms with Crippen molar-refractivity contribution in [3.8, 4) is 0 Å². The highest BCUT2D eigenvalue weighted by Crippen LogP contribution is 2.21. The van der Waals surface area contributed by atoms with Gasteiger partial charge in [-0.2, -0.15) is 0 Å². The average Bonchev–Trinajstić information content (AvgIpc) is 2.75. The lowest BCUT2D eigenvalue weighted by molar-refractivity contribution is -0.140. The zero-order valence-electron chi connectivity index (χ0n) is 11.7. The molecule has 0 aromatic rings. The van der Waals surface area contributed by atoms with Crippen molar-refractivity contribution in [2.75, 3.05) is 32.8 Å². The van der Waals surface area contributed by atoms with Crippen molar-refractivity contribution >= 4 is 5.91 Å². The van der Waals surface area contributed by atoms with Crippen LogP contribution in [-0.4, -0.2) is 56.8 Å². The molecule has 0 aromatic heterocycles. The molecule has 0 spiro atoms. The molecule has 0 bridgehead atoms. The van der Waals surface area contributed by atoms with Crippen molar-refractivity contribution in [1.82, 2.24) is 10.6 Å². The van der Waals surface area contributed by atoms with E-state index in [2.05, 4.69) is 10.6 Å². The van der Waals surface area contributed by atoms with E-state index in [9.17, 15) is 4.79 Å². The maximum absolute atomic E-state index is 11.7. The minimum atomic E-state index is -0.541. The second-order valence-electron chi connectivity index (χ2n) is 5.52. The van der Waals surface area contributed by atoms with E-state index in [0.29, 0.717) is 13.2 Å². The molecule has 2 aliphatic rings. The molecule has 1 amide bonds. The molecule has 0 saturated carbocycles. The first-order valence-corrected chi connectivity index (χ1v) is 6.96. The number of ether oxygens (including phenoxy) is 3. The molecule has 2 fully saturated rings. The summed E-state index contributed by atoms with van der Waals surface area (Å²) in [5, 5.41) is 6.08. The Bertz CT molecular complexity index is 303. The van der Waals surface area contributed by atoms with E-state index in [1.54, 1.807) is 0 Å². The van der Waals surface area contributed by atoms with Gasteiger partial charge in [0.15, 0.2) is 5.79 Å². The first-order chi connectivity index (χ1) is 9.05. The van der Waals surface area contributed by atoms with E-state index < -0.39 is 5.79 Å². The van der Waals surface area contributed by atoms with E-state index >= 15 is 0 Å². The number of hydrogen-bond acceptors (Lipinski definition) is 5. The van der Waals surface area contributed by atoms with Gasteiger partial charge in [0.25, 0.3) is 0 Å². The number of hydrogen-bond donors (Lipinski definition) is 2. The number of carbonyl (C=O) groups excluding carboxylic acids is 1. The fourth-order valence-corrected chi connectivity index (χ4v) is 2.30. The number of amides is 1. The van der Waals surface area contributed by atoms with Crippen LogP contribution in [0, 0.1) is 0 Å². The van der Waals surface area contributed by atoms with Gasteiger partial charge in [0.2, 0.25) is 5.91 Å². The Morgan fingerprint density at radius 2 is 2.16 bits per heavy atom. The third-order valence-electron chi connectivity index (χ3n) is 3.33. The Morgan fingerprint density at radius 3 is 2.79 bits per heavy atom. The van der Waals surface area contributed by atoms with Gasteiger partial charge >= 0.3 is 0 Å². The summed E-state index contributed by atoms with van der Waals surface area (Å²) in [7, 11) is 0. The third kappa shape index (κ3) is 5.06. The van der Waals surface area contributed by atoms with Crippen LogP contribution < -0.4 is 10.6 Å². The van der Waals surface area contributed by atoms with Crippen LogP contribution in [-0.2, 0) is 19.0 Å². The number of rotatable bonds is 5. The van der Waals surface area contributed by atoms with Crippen LogP contribution in [0.2, 0.25) is 0 Å². The lowest BCUT2D eigenvalue weighted by Gasteiger charge is -2.22. The van der Waals surface area contributed by atoms with Gasteiger partial charge in [-0.3, -0.25) is 4.79 Å². The Kier molecular flexibility index (Phi) is 5.15. The van der Waals surface area contributed by atoms with Crippen LogP contribution in [0.3, 0.4) is 0 Å².